The predicted octanol–water partition coefficient (Wildman–Crippen LogP) is 2.22. The van der Waals surface area contributed by atoms with Gasteiger partial charge in [-0.1, -0.05) is 18.2 Å². The molecule has 5 heteroatoms. The number of nitrogens with zero attached hydrogens (tertiary/aromatic N) is 1. The van der Waals surface area contributed by atoms with Gasteiger partial charge in [0.15, 0.2) is 0 Å². The number of carbonyl (C=O) groups excluding carboxylic acids is 1. The second kappa shape index (κ2) is 5.61. The lowest BCUT2D eigenvalue weighted by Gasteiger charge is -2.41. The molecule has 0 spiro atoms. The molecule has 1 unspecified atom stereocenters. The molecule has 1 aromatic carbocycles. The maximum Gasteiger partial charge on any atom is 0.329 e. The molecule has 1 aliphatic heterocycles. The molecule has 0 aromatic heterocycles. The zero-order chi connectivity index (χ0) is 14.8. The third-order valence-corrected chi connectivity index (χ3v) is 3.95. The van der Waals surface area contributed by atoms with Crippen LogP contribution >= 0.6 is 0 Å². The number of likely N-dealkylation sites (tertiary alicyclic amines) is 1. The largest absolute Gasteiger partial charge is 0.480 e. The van der Waals surface area contributed by atoms with Crippen molar-refractivity contribution in [3.05, 3.63) is 35.6 Å². The number of halogens is 1. The minimum atomic E-state index is -1.18. The van der Waals surface area contributed by atoms with Crippen molar-refractivity contribution in [2.24, 2.45) is 0 Å². The van der Waals surface area contributed by atoms with Crippen LogP contribution in [0.4, 0.5) is 4.39 Å². The molecule has 1 heterocycles. The van der Waals surface area contributed by atoms with Crippen molar-refractivity contribution in [2.45, 2.75) is 38.1 Å². The molecule has 0 saturated carbocycles. The number of hydrogen-bond donors (Lipinski definition) is 1. The number of carboxylic acid groups (broad SMARTS) is 1. The van der Waals surface area contributed by atoms with Crippen molar-refractivity contribution >= 4 is 11.9 Å². The van der Waals surface area contributed by atoms with Crippen LogP contribution in [-0.2, 0) is 16.0 Å². The van der Waals surface area contributed by atoms with Crippen molar-refractivity contribution < 1.29 is 19.1 Å². The summed E-state index contributed by atoms with van der Waals surface area (Å²) >= 11 is 0. The van der Waals surface area contributed by atoms with Gasteiger partial charge in [0.1, 0.15) is 11.4 Å². The van der Waals surface area contributed by atoms with Crippen LogP contribution in [0.25, 0.3) is 0 Å². The maximum absolute atomic E-state index is 13.6. The number of amides is 1. The van der Waals surface area contributed by atoms with Crippen molar-refractivity contribution in [3.63, 3.8) is 0 Å². The molecule has 1 N–H and O–H groups in total. The van der Waals surface area contributed by atoms with E-state index in [2.05, 4.69) is 0 Å². The summed E-state index contributed by atoms with van der Waals surface area (Å²) < 4.78 is 13.6. The standard InChI is InChI=1S/C15H18FNO3/c1-15(14(19)20)8-4-5-9-17(15)13(18)10-11-6-2-3-7-12(11)16/h2-3,6-7H,4-5,8-10H2,1H3,(H,19,20). The van der Waals surface area contributed by atoms with Gasteiger partial charge < -0.3 is 10.0 Å². The molecular weight excluding hydrogens is 261 g/mol. The first-order valence-corrected chi connectivity index (χ1v) is 6.72. The minimum absolute atomic E-state index is 0.102. The average Bonchev–Trinajstić information content (AvgIpc) is 2.41. The Morgan fingerprint density at radius 3 is 2.70 bits per heavy atom. The van der Waals surface area contributed by atoms with E-state index in [-0.39, 0.29) is 12.3 Å². The summed E-state index contributed by atoms with van der Waals surface area (Å²) in [6.07, 6.45) is 1.90. The first-order chi connectivity index (χ1) is 9.45. The lowest BCUT2D eigenvalue weighted by molar-refractivity contribution is -0.160. The van der Waals surface area contributed by atoms with Gasteiger partial charge in [0.05, 0.1) is 6.42 Å². The van der Waals surface area contributed by atoms with Gasteiger partial charge >= 0.3 is 5.97 Å². The van der Waals surface area contributed by atoms with Crippen LogP contribution in [0.15, 0.2) is 24.3 Å². The molecule has 1 aliphatic rings. The summed E-state index contributed by atoms with van der Waals surface area (Å²) in [4.78, 5) is 25.2. The van der Waals surface area contributed by atoms with Gasteiger partial charge in [-0.15, -0.1) is 0 Å². The lowest BCUT2D eigenvalue weighted by Crippen LogP contribution is -2.57. The fourth-order valence-electron chi connectivity index (χ4n) is 2.64. The number of aliphatic carboxylic acids is 1. The molecule has 0 aliphatic carbocycles. The van der Waals surface area contributed by atoms with Gasteiger partial charge in [-0.3, -0.25) is 4.79 Å². The molecule has 1 fully saturated rings. The summed E-state index contributed by atoms with van der Waals surface area (Å²) in [7, 11) is 0. The van der Waals surface area contributed by atoms with E-state index >= 15 is 0 Å². The Kier molecular flexibility index (Phi) is 4.06. The highest BCUT2D eigenvalue weighted by molar-refractivity contribution is 5.88. The van der Waals surface area contributed by atoms with Gasteiger partial charge in [0.25, 0.3) is 0 Å². The number of carbonyl (C=O) groups is 2. The Balaban J connectivity index is 2.19. The lowest BCUT2D eigenvalue weighted by atomic mass is 9.88. The van der Waals surface area contributed by atoms with Crippen molar-refractivity contribution in [2.75, 3.05) is 6.54 Å². The molecule has 1 saturated heterocycles. The molecule has 1 atom stereocenters. The highest BCUT2D eigenvalue weighted by Crippen LogP contribution is 2.29. The summed E-state index contributed by atoms with van der Waals surface area (Å²) in [6.45, 7) is 1.98. The molecule has 2 rings (SSSR count). The monoisotopic (exact) mass is 279 g/mol. The smallest absolute Gasteiger partial charge is 0.329 e. The van der Waals surface area contributed by atoms with Crippen molar-refractivity contribution in [3.8, 4) is 0 Å². The van der Waals surface area contributed by atoms with Gasteiger partial charge in [-0.05, 0) is 37.8 Å². The number of carboxylic acids is 1. The third kappa shape index (κ3) is 2.66. The zero-order valence-electron chi connectivity index (χ0n) is 11.4. The van der Waals surface area contributed by atoms with Crippen LogP contribution in [0.1, 0.15) is 31.7 Å². The fraction of sp³-hybridized carbons (Fsp3) is 0.467. The number of hydrogen-bond acceptors (Lipinski definition) is 2. The third-order valence-electron chi connectivity index (χ3n) is 3.95. The predicted molar refractivity (Wildman–Crippen MR) is 71.7 cm³/mol. The Morgan fingerprint density at radius 2 is 2.05 bits per heavy atom. The van der Waals surface area contributed by atoms with Crippen LogP contribution in [0.2, 0.25) is 0 Å². The fourth-order valence-corrected chi connectivity index (χ4v) is 2.64. The molecule has 108 valence electrons. The number of piperidine rings is 1. The van der Waals surface area contributed by atoms with E-state index in [1.165, 1.54) is 11.0 Å². The van der Waals surface area contributed by atoms with Crippen molar-refractivity contribution in [1.29, 1.82) is 0 Å². The molecule has 0 radical (unpaired) electrons. The van der Waals surface area contributed by atoms with Crippen LogP contribution in [0.5, 0.6) is 0 Å². The van der Waals surface area contributed by atoms with E-state index in [0.29, 0.717) is 18.5 Å². The van der Waals surface area contributed by atoms with E-state index in [9.17, 15) is 19.1 Å². The molecule has 1 amide bonds. The molecular formula is C15H18FNO3. The molecule has 0 bridgehead atoms. The van der Waals surface area contributed by atoms with Gasteiger partial charge in [-0.25, -0.2) is 9.18 Å². The van der Waals surface area contributed by atoms with E-state index in [1.807, 2.05) is 0 Å². The van der Waals surface area contributed by atoms with Crippen LogP contribution in [0.3, 0.4) is 0 Å². The number of benzene rings is 1. The highest BCUT2D eigenvalue weighted by atomic mass is 19.1. The summed E-state index contributed by atoms with van der Waals surface area (Å²) in [5, 5.41) is 9.37. The first kappa shape index (κ1) is 14.5. The molecule has 4 nitrogen and oxygen atoms in total. The van der Waals surface area contributed by atoms with Crippen LogP contribution in [0, 0.1) is 5.82 Å². The van der Waals surface area contributed by atoms with Crippen molar-refractivity contribution in [1.82, 2.24) is 4.90 Å². The zero-order valence-corrected chi connectivity index (χ0v) is 11.4. The SMILES string of the molecule is CC1(C(=O)O)CCCCN1C(=O)Cc1ccccc1F. The molecule has 20 heavy (non-hydrogen) atoms. The normalized spacial score (nSPS) is 22.6. The van der Waals surface area contributed by atoms with Crippen LogP contribution < -0.4 is 0 Å². The van der Waals surface area contributed by atoms with Gasteiger partial charge in [0.2, 0.25) is 5.91 Å². The second-order valence-electron chi connectivity index (χ2n) is 5.35. The molecule has 1 aromatic rings. The van der Waals surface area contributed by atoms with E-state index in [1.54, 1.807) is 25.1 Å². The van der Waals surface area contributed by atoms with Crippen LogP contribution in [-0.4, -0.2) is 34.0 Å². The topological polar surface area (TPSA) is 57.6 Å². The Morgan fingerprint density at radius 1 is 1.35 bits per heavy atom. The van der Waals surface area contributed by atoms with Gasteiger partial charge in [0, 0.05) is 6.54 Å². The van der Waals surface area contributed by atoms with E-state index in [4.69, 9.17) is 0 Å². The first-order valence-electron chi connectivity index (χ1n) is 6.72. The van der Waals surface area contributed by atoms with E-state index < -0.39 is 17.3 Å². The average molecular weight is 279 g/mol. The quantitative estimate of drug-likeness (QED) is 0.923. The number of rotatable bonds is 3. The Labute approximate surface area is 117 Å². The summed E-state index contributed by atoms with van der Waals surface area (Å²) in [6, 6.07) is 6.08. The highest BCUT2D eigenvalue weighted by Gasteiger charge is 2.43. The van der Waals surface area contributed by atoms with E-state index in [0.717, 1.165) is 12.8 Å². The minimum Gasteiger partial charge on any atom is -0.480 e. The summed E-state index contributed by atoms with van der Waals surface area (Å²) in [5.41, 5.74) is -0.878. The Bertz CT molecular complexity index is 532. The van der Waals surface area contributed by atoms with Gasteiger partial charge in [-0.2, -0.15) is 0 Å². The second-order valence-corrected chi connectivity index (χ2v) is 5.35. The summed E-state index contributed by atoms with van der Waals surface area (Å²) in [5.74, 6) is -1.77. The maximum atomic E-state index is 13.6. The Hall–Kier alpha value is -1.91.